The maximum Gasteiger partial charge on any atom is 0.242 e. The SMILES string of the molecule is Cc1cc(C)nc(N[C@@H](C)C(=O)NCC2(c3ccccc3Cl)CC2)n1. The van der Waals surface area contributed by atoms with Crippen molar-refractivity contribution in [2.45, 2.75) is 45.1 Å². The van der Waals surface area contributed by atoms with E-state index >= 15 is 0 Å². The summed E-state index contributed by atoms with van der Waals surface area (Å²) in [6.45, 7) is 6.22. The Hall–Kier alpha value is -2.14. The summed E-state index contributed by atoms with van der Waals surface area (Å²) in [5.74, 6) is 0.411. The first-order valence-electron chi connectivity index (χ1n) is 8.51. The van der Waals surface area contributed by atoms with Crippen molar-refractivity contribution in [3.63, 3.8) is 0 Å². The number of rotatable bonds is 6. The molecule has 1 atom stereocenters. The molecule has 1 heterocycles. The van der Waals surface area contributed by atoms with Crippen LogP contribution in [0.4, 0.5) is 5.95 Å². The second kappa shape index (κ2) is 7.00. The maximum atomic E-state index is 12.4. The van der Waals surface area contributed by atoms with Crippen molar-refractivity contribution in [3.8, 4) is 0 Å². The summed E-state index contributed by atoms with van der Waals surface area (Å²) in [5, 5.41) is 6.88. The van der Waals surface area contributed by atoms with Gasteiger partial charge in [-0.2, -0.15) is 0 Å². The van der Waals surface area contributed by atoms with Crippen molar-refractivity contribution in [1.82, 2.24) is 15.3 Å². The van der Waals surface area contributed by atoms with Gasteiger partial charge in [0, 0.05) is 28.4 Å². The maximum absolute atomic E-state index is 12.4. The summed E-state index contributed by atoms with van der Waals surface area (Å²) in [7, 11) is 0. The standard InChI is InChI=1S/C19H23ClN4O/c1-12-10-13(2)23-18(22-12)24-14(3)17(25)21-11-19(8-9-19)15-6-4-5-7-16(15)20/h4-7,10,14H,8-9,11H2,1-3H3,(H,21,25)(H,22,23,24)/t14-/m0/s1. The van der Waals surface area contributed by atoms with E-state index in [2.05, 4.69) is 20.6 Å². The molecule has 1 aliphatic rings. The molecule has 0 bridgehead atoms. The summed E-state index contributed by atoms with van der Waals surface area (Å²) < 4.78 is 0. The lowest BCUT2D eigenvalue weighted by atomic mass is 9.96. The van der Waals surface area contributed by atoms with Gasteiger partial charge >= 0.3 is 0 Å². The quantitative estimate of drug-likeness (QED) is 0.830. The number of carbonyl (C=O) groups excluding carboxylic acids is 1. The Morgan fingerprint density at radius 1 is 1.24 bits per heavy atom. The van der Waals surface area contributed by atoms with Crippen LogP contribution in [0.3, 0.4) is 0 Å². The second-order valence-electron chi connectivity index (χ2n) is 6.82. The van der Waals surface area contributed by atoms with E-state index in [9.17, 15) is 4.79 Å². The minimum atomic E-state index is -0.414. The van der Waals surface area contributed by atoms with E-state index in [1.54, 1.807) is 0 Å². The van der Waals surface area contributed by atoms with Crippen molar-refractivity contribution < 1.29 is 4.79 Å². The number of hydrogen-bond donors (Lipinski definition) is 2. The highest BCUT2D eigenvalue weighted by molar-refractivity contribution is 6.31. The molecule has 0 saturated heterocycles. The molecule has 1 aromatic heterocycles. The predicted molar refractivity (Wildman–Crippen MR) is 100.0 cm³/mol. The number of carbonyl (C=O) groups is 1. The molecule has 1 fully saturated rings. The molecule has 5 nitrogen and oxygen atoms in total. The molecule has 6 heteroatoms. The van der Waals surface area contributed by atoms with Crippen LogP contribution in [0.5, 0.6) is 0 Å². The van der Waals surface area contributed by atoms with Crippen LogP contribution >= 0.6 is 11.6 Å². The number of hydrogen-bond acceptors (Lipinski definition) is 4. The first kappa shape index (κ1) is 17.7. The molecule has 0 unspecified atom stereocenters. The summed E-state index contributed by atoms with van der Waals surface area (Å²) in [6.07, 6.45) is 2.08. The highest BCUT2D eigenvalue weighted by Crippen LogP contribution is 2.49. The van der Waals surface area contributed by atoms with Crippen LogP contribution in [0.1, 0.15) is 36.7 Å². The Bertz CT molecular complexity index is 768. The molecule has 2 N–H and O–H groups in total. The van der Waals surface area contributed by atoms with Crippen molar-refractivity contribution >= 4 is 23.5 Å². The van der Waals surface area contributed by atoms with Gasteiger partial charge in [-0.05, 0) is 51.3 Å². The fourth-order valence-corrected chi connectivity index (χ4v) is 3.38. The van der Waals surface area contributed by atoms with Gasteiger partial charge in [0.2, 0.25) is 11.9 Å². The fraction of sp³-hybridized carbons (Fsp3) is 0.421. The predicted octanol–water partition coefficient (Wildman–Crippen LogP) is 3.40. The third kappa shape index (κ3) is 4.10. The lowest BCUT2D eigenvalue weighted by Gasteiger charge is -2.20. The van der Waals surface area contributed by atoms with Gasteiger partial charge in [0.25, 0.3) is 0 Å². The van der Waals surface area contributed by atoms with E-state index in [1.165, 1.54) is 0 Å². The molecule has 1 saturated carbocycles. The normalized spacial score (nSPS) is 16.2. The third-order valence-electron chi connectivity index (χ3n) is 4.62. The topological polar surface area (TPSA) is 66.9 Å². The van der Waals surface area contributed by atoms with Crippen molar-refractivity contribution in [2.75, 3.05) is 11.9 Å². The molecular weight excluding hydrogens is 336 g/mol. The van der Waals surface area contributed by atoms with Crippen LogP contribution in [-0.2, 0) is 10.2 Å². The van der Waals surface area contributed by atoms with Gasteiger partial charge in [0.05, 0.1) is 0 Å². The first-order valence-corrected chi connectivity index (χ1v) is 8.89. The number of anilines is 1. The molecule has 1 aliphatic carbocycles. The average molecular weight is 359 g/mol. The fourth-order valence-electron chi connectivity index (χ4n) is 3.04. The molecule has 2 aromatic rings. The van der Waals surface area contributed by atoms with Gasteiger partial charge in [-0.15, -0.1) is 0 Å². The monoisotopic (exact) mass is 358 g/mol. The lowest BCUT2D eigenvalue weighted by molar-refractivity contribution is -0.121. The Morgan fingerprint density at radius 3 is 2.48 bits per heavy atom. The van der Waals surface area contributed by atoms with Crippen LogP contribution in [-0.4, -0.2) is 28.5 Å². The molecule has 1 aromatic carbocycles. The molecule has 0 spiro atoms. The molecule has 3 rings (SSSR count). The van der Waals surface area contributed by atoms with Crippen LogP contribution in [0.25, 0.3) is 0 Å². The lowest BCUT2D eigenvalue weighted by Crippen LogP contribution is -2.41. The third-order valence-corrected chi connectivity index (χ3v) is 4.95. The van der Waals surface area contributed by atoms with E-state index in [-0.39, 0.29) is 11.3 Å². The van der Waals surface area contributed by atoms with Crippen LogP contribution in [0, 0.1) is 13.8 Å². The summed E-state index contributed by atoms with van der Waals surface area (Å²) in [5.41, 5.74) is 2.84. The van der Waals surface area contributed by atoms with Gasteiger partial charge < -0.3 is 10.6 Å². The molecule has 0 aliphatic heterocycles. The van der Waals surface area contributed by atoms with E-state index < -0.39 is 6.04 Å². The highest BCUT2D eigenvalue weighted by Gasteiger charge is 2.45. The summed E-state index contributed by atoms with van der Waals surface area (Å²) in [4.78, 5) is 21.1. The van der Waals surface area contributed by atoms with E-state index in [4.69, 9.17) is 11.6 Å². The van der Waals surface area contributed by atoms with Gasteiger partial charge in [-0.3, -0.25) is 4.79 Å². The van der Waals surface area contributed by atoms with Crippen LogP contribution in [0.2, 0.25) is 5.02 Å². The van der Waals surface area contributed by atoms with E-state index in [0.29, 0.717) is 12.5 Å². The number of benzene rings is 1. The zero-order valence-electron chi connectivity index (χ0n) is 14.8. The second-order valence-corrected chi connectivity index (χ2v) is 7.23. The number of nitrogens with zero attached hydrogens (tertiary/aromatic N) is 2. The Labute approximate surface area is 153 Å². The molecule has 1 amide bonds. The molecule has 132 valence electrons. The minimum absolute atomic E-state index is 0.0237. The van der Waals surface area contributed by atoms with Crippen molar-refractivity contribution in [1.29, 1.82) is 0 Å². The highest BCUT2D eigenvalue weighted by atomic mass is 35.5. The summed E-state index contributed by atoms with van der Waals surface area (Å²) >= 11 is 6.32. The largest absolute Gasteiger partial charge is 0.353 e. The Morgan fingerprint density at radius 2 is 1.88 bits per heavy atom. The molecule has 25 heavy (non-hydrogen) atoms. The smallest absolute Gasteiger partial charge is 0.242 e. The first-order chi connectivity index (χ1) is 11.9. The zero-order chi connectivity index (χ0) is 18.0. The Balaban J connectivity index is 1.60. The van der Waals surface area contributed by atoms with Crippen molar-refractivity contribution in [2.24, 2.45) is 0 Å². The zero-order valence-corrected chi connectivity index (χ0v) is 15.5. The van der Waals surface area contributed by atoms with E-state index in [0.717, 1.165) is 34.8 Å². The van der Waals surface area contributed by atoms with Gasteiger partial charge in [-0.1, -0.05) is 29.8 Å². The number of aromatic nitrogens is 2. The van der Waals surface area contributed by atoms with Gasteiger partial charge in [0.1, 0.15) is 6.04 Å². The Kier molecular flexibility index (Phi) is 4.95. The van der Waals surface area contributed by atoms with Crippen LogP contribution in [0.15, 0.2) is 30.3 Å². The van der Waals surface area contributed by atoms with Crippen LogP contribution < -0.4 is 10.6 Å². The number of amides is 1. The van der Waals surface area contributed by atoms with Gasteiger partial charge in [-0.25, -0.2) is 9.97 Å². The summed E-state index contributed by atoms with van der Waals surface area (Å²) in [6, 6.07) is 9.35. The average Bonchev–Trinajstić information content (AvgIpc) is 3.33. The number of halogens is 1. The molecule has 0 radical (unpaired) electrons. The van der Waals surface area contributed by atoms with Gasteiger partial charge in [0.15, 0.2) is 0 Å². The number of nitrogens with one attached hydrogen (secondary N) is 2. The van der Waals surface area contributed by atoms with Crippen molar-refractivity contribution in [3.05, 3.63) is 52.3 Å². The van der Waals surface area contributed by atoms with E-state index in [1.807, 2.05) is 51.1 Å². The number of aryl methyl sites for hydroxylation is 2. The minimum Gasteiger partial charge on any atom is -0.353 e. The molecular formula is C19H23ClN4O.